The van der Waals surface area contributed by atoms with Gasteiger partial charge in [-0.25, -0.2) is 0 Å². The Kier molecular flexibility index (Phi) is 5.07. The summed E-state index contributed by atoms with van der Waals surface area (Å²) in [7, 11) is 0. The van der Waals surface area contributed by atoms with Crippen LogP contribution in [0.15, 0.2) is 42.5 Å². The van der Waals surface area contributed by atoms with Crippen molar-refractivity contribution in [2.45, 2.75) is 0 Å². The summed E-state index contributed by atoms with van der Waals surface area (Å²) in [5, 5.41) is 6.10. The van der Waals surface area contributed by atoms with Crippen molar-refractivity contribution in [2.75, 3.05) is 10.6 Å². The Hall–Kier alpha value is -1.75. The van der Waals surface area contributed by atoms with E-state index in [0.717, 1.165) is 0 Å². The highest BCUT2D eigenvalue weighted by Crippen LogP contribution is 2.22. The number of hydrogen-bond acceptors (Lipinski definition) is 2. The number of anilines is 2. The average molecular weight is 344 g/mol. The summed E-state index contributed by atoms with van der Waals surface area (Å²) in [6.45, 7) is 0. The summed E-state index contributed by atoms with van der Waals surface area (Å²) in [6.07, 6.45) is 0. The monoisotopic (exact) mass is 342 g/mol. The van der Waals surface area contributed by atoms with Gasteiger partial charge in [-0.05, 0) is 42.5 Å². The van der Waals surface area contributed by atoms with Crippen LogP contribution < -0.4 is 10.6 Å². The summed E-state index contributed by atoms with van der Waals surface area (Å²) < 4.78 is 0. The molecule has 0 aromatic heterocycles. The second-order valence-electron chi connectivity index (χ2n) is 4.07. The molecule has 0 saturated heterocycles. The molecule has 0 saturated carbocycles. The molecule has 108 valence electrons. The fraction of sp³-hybridized carbons (Fsp3) is 0. The summed E-state index contributed by atoms with van der Waals surface area (Å²) in [5.41, 5.74) is 0.799. The second-order valence-corrected chi connectivity index (χ2v) is 5.38. The van der Waals surface area contributed by atoms with Gasteiger partial charge in [0, 0.05) is 26.4 Å². The molecule has 0 radical (unpaired) electrons. The lowest BCUT2D eigenvalue weighted by atomic mass is 10.3. The van der Waals surface area contributed by atoms with Crippen molar-refractivity contribution in [1.82, 2.24) is 0 Å². The van der Waals surface area contributed by atoms with Crippen LogP contribution >= 0.6 is 34.8 Å². The fourth-order valence-corrected chi connectivity index (χ4v) is 2.19. The Balaban J connectivity index is 2.02. The van der Waals surface area contributed by atoms with Crippen LogP contribution in [0, 0.1) is 0 Å². The van der Waals surface area contributed by atoms with E-state index in [-0.39, 0.29) is 0 Å². The molecule has 0 heterocycles. The van der Waals surface area contributed by atoms with Crippen molar-refractivity contribution in [3.8, 4) is 0 Å². The molecule has 21 heavy (non-hydrogen) atoms. The zero-order valence-corrected chi connectivity index (χ0v) is 12.8. The van der Waals surface area contributed by atoms with E-state index in [0.29, 0.717) is 26.4 Å². The first-order valence-corrected chi connectivity index (χ1v) is 6.91. The number of halogens is 3. The summed E-state index contributed by atoms with van der Waals surface area (Å²) in [4.78, 5) is 23.5. The van der Waals surface area contributed by atoms with E-state index < -0.39 is 11.8 Å². The van der Waals surface area contributed by atoms with Gasteiger partial charge in [0.05, 0.1) is 0 Å². The van der Waals surface area contributed by atoms with E-state index in [9.17, 15) is 9.59 Å². The topological polar surface area (TPSA) is 58.2 Å². The third kappa shape index (κ3) is 4.63. The molecule has 0 aliphatic rings. The van der Waals surface area contributed by atoms with Gasteiger partial charge >= 0.3 is 11.8 Å². The van der Waals surface area contributed by atoms with E-state index in [4.69, 9.17) is 34.8 Å². The molecule has 7 heteroatoms. The number of carbonyl (C=O) groups excluding carboxylic acids is 2. The van der Waals surface area contributed by atoms with Gasteiger partial charge in [0.1, 0.15) is 0 Å². The highest BCUT2D eigenvalue weighted by molar-refractivity contribution is 6.44. The van der Waals surface area contributed by atoms with E-state index in [1.807, 2.05) is 0 Å². The Bertz CT molecular complexity index is 667. The standard InChI is InChI=1S/C14H9Cl3N2O2/c15-8-1-3-11(4-2-8)18-13(20)14(21)19-12-6-9(16)5-10(17)7-12/h1-7H,(H,18,20)(H,19,21). The molecule has 2 aromatic carbocycles. The van der Waals surface area contributed by atoms with Crippen LogP contribution in [0.4, 0.5) is 11.4 Å². The van der Waals surface area contributed by atoms with Crippen molar-refractivity contribution in [3.05, 3.63) is 57.5 Å². The van der Waals surface area contributed by atoms with E-state index in [2.05, 4.69) is 10.6 Å². The molecule has 0 unspecified atom stereocenters. The maximum atomic E-state index is 11.8. The van der Waals surface area contributed by atoms with Gasteiger partial charge in [0.2, 0.25) is 0 Å². The minimum Gasteiger partial charge on any atom is -0.318 e. The van der Waals surface area contributed by atoms with Gasteiger partial charge in [-0.15, -0.1) is 0 Å². The van der Waals surface area contributed by atoms with Gasteiger partial charge in [-0.2, -0.15) is 0 Å². The van der Waals surface area contributed by atoms with Gasteiger partial charge in [-0.1, -0.05) is 34.8 Å². The van der Waals surface area contributed by atoms with Crippen molar-refractivity contribution >= 4 is 58.0 Å². The van der Waals surface area contributed by atoms with Gasteiger partial charge < -0.3 is 10.6 Å². The molecule has 0 aliphatic heterocycles. The number of nitrogens with one attached hydrogen (secondary N) is 2. The third-order valence-corrected chi connectivity index (χ3v) is 3.12. The Morgan fingerprint density at radius 2 is 1.14 bits per heavy atom. The zero-order valence-electron chi connectivity index (χ0n) is 10.5. The number of rotatable bonds is 2. The molecule has 2 amide bonds. The maximum absolute atomic E-state index is 11.8. The average Bonchev–Trinajstić information content (AvgIpc) is 2.40. The van der Waals surface area contributed by atoms with E-state index in [1.165, 1.54) is 18.2 Å². The van der Waals surface area contributed by atoms with Gasteiger partial charge in [-0.3, -0.25) is 9.59 Å². The predicted molar refractivity (Wildman–Crippen MR) is 85.2 cm³/mol. The highest BCUT2D eigenvalue weighted by Gasteiger charge is 2.14. The third-order valence-electron chi connectivity index (χ3n) is 2.43. The summed E-state index contributed by atoms with van der Waals surface area (Å²) >= 11 is 17.3. The second kappa shape index (κ2) is 6.80. The van der Waals surface area contributed by atoms with Gasteiger partial charge in [0.25, 0.3) is 0 Å². The number of amides is 2. The number of carbonyl (C=O) groups is 2. The zero-order chi connectivity index (χ0) is 15.4. The van der Waals surface area contributed by atoms with Crippen LogP contribution in [0.1, 0.15) is 0 Å². The molecule has 2 aromatic rings. The Morgan fingerprint density at radius 3 is 1.67 bits per heavy atom. The SMILES string of the molecule is O=C(Nc1ccc(Cl)cc1)C(=O)Nc1cc(Cl)cc(Cl)c1. The first kappa shape index (κ1) is 15.6. The molecule has 0 atom stereocenters. The Morgan fingerprint density at radius 1 is 0.667 bits per heavy atom. The number of benzene rings is 2. The van der Waals surface area contributed by atoms with E-state index >= 15 is 0 Å². The molecular formula is C14H9Cl3N2O2. The fourth-order valence-electron chi connectivity index (χ4n) is 1.53. The largest absolute Gasteiger partial charge is 0.318 e. The molecule has 0 aliphatic carbocycles. The lowest BCUT2D eigenvalue weighted by Gasteiger charge is -2.07. The predicted octanol–water partition coefficient (Wildman–Crippen LogP) is 4.22. The molecule has 2 rings (SSSR count). The molecule has 0 fully saturated rings. The van der Waals surface area contributed by atoms with Crippen molar-refractivity contribution in [1.29, 1.82) is 0 Å². The molecule has 2 N–H and O–H groups in total. The summed E-state index contributed by atoms with van der Waals surface area (Å²) in [5.74, 6) is -1.64. The summed E-state index contributed by atoms with van der Waals surface area (Å²) in [6, 6.07) is 10.9. The lowest BCUT2D eigenvalue weighted by Crippen LogP contribution is -2.29. The van der Waals surface area contributed by atoms with Crippen LogP contribution in [-0.2, 0) is 9.59 Å². The molecular weight excluding hydrogens is 335 g/mol. The molecule has 4 nitrogen and oxygen atoms in total. The van der Waals surface area contributed by atoms with E-state index in [1.54, 1.807) is 24.3 Å². The number of hydrogen-bond donors (Lipinski definition) is 2. The maximum Gasteiger partial charge on any atom is 0.314 e. The van der Waals surface area contributed by atoms with Crippen molar-refractivity contribution in [2.24, 2.45) is 0 Å². The quantitative estimate of drug-likeness (QED) is 0.802. The van der Waals surface area contributed by atoms with Crippen molar-refractivity contribution in [3.63, 3.8) is 0 Å². The highest BCUT2D eigenvalue weighted by atomic mass is 35.5. The normalized spacial score (nSPS) is 10.0. The lowest BCUT2D eigenvalue weighted by molar-refractivity contribution is -0.132. The van der Waals surface area contributed by atoms with Gasteiger partial charge in [0.15, 0.2) is 0 Å². The van der Waals surface area contributed by atoms with Crippen LogP contribution in [-0.4, -0.2) is 11.8 Å². The van der Waals surface area contributed by atoms with Crippen molar-refractivity contribution < 1.29 is 9.59 Å². The minimum atomic E-state index is -0.830. The van der Waals surface area contributed by atoms with Crippen LogP contribution in [0.3, 0.4) is 0 Å². The van der Waals surface area contributed by atoms with Crippen LogP contribution in [0.5, 0.6) is 0 Å². The minimum absolute atomic E-state index is 0.337. The first-order valence-electron chi connectivity index (χ1n) is 5.78. The first-order chi connectivity index (χ1) is 9.94. The molecule has 0 spiro atoms. The van der Waals surface area contributed by atoms with Crippen LogP contribution in [0.25, 0.3) is 0 Å². The smallest absolute Gasteiger partial charge is 0.314 e. The molecule has 0 bridgehead atoms. The Labute approximate surface area is 136 Å². The van der Waals surface area contributed by atoms with Crippen LogP contribution in [0.2, 0.25) is 15.1 Å².